The third kappa shape index (κ3) is 10.3. The first-order valence-corrected chi connectivity index (χ1v) is 12.4. The molecule has 0 saturated heterocycles. The second-order valence-corrected chi connectivity index (χ2v) is 9.24. The Bertz CT molecular complexity index is 671. The molecule has 0 radical (unpaired) electrons. The lowest BCUT2D eigenvalue weighted by Crippen LogP contribution is -2.48. The number of rotatable bonds is 17. The van der Waals surface area contributed by atoms with Crippen molar-refractivity contribution in [1.29, 1.82) is 0 Å². The van der Waals surface area contributed by atoms with E-state index in [0.29, 0.717) is 19.3 Å². The van der Waals surface area contributed by atoms with E-state index in [-0.39, 0.29) is 0 Å². The maximum absolute atomic E-state index is 13.0. The summed E-state index contributed by atoms with van der Waals surface area (Å²) < 4.78 is 15.6. The summed E-state index contributed by atoms with van der Waals surface area (Å²) in [6, 6.07) is 0. The molecule has 0 spiro atoms. The first-order valence-electron chi connectivity index (χ1n) is 12.4. The van der Waals surface area contributed by atoms with Crippen LogP contribution in [0.15, 0.2) is 0 Å². The molecular weight excluding hydrogens is 480 g/mol. The average molecular weight is 525 g/mol. The van der Waals surface area contributed by atoms with Crippen LogP contribution in [0.1, 0.15) is 60.8 Å². The summed E-state index contributed by atoms with van der Waals surface area (Å²) in [7, 11) is 0. The minimum absolute atomic E-state index is 0.389. The molecule has 0 amide bonds. The molecule has 0 bridgehead atoms. The van der Waals surface area contributed by atoms with Gasteiger partial charge in [0.25, 0.3) is 0 Å². The standard InChI is InChI=1S/C24H44O12/c1-7-12(4)17(28)22(31)35-21(14(6)9-3)24(33)36-20(13(5)8-2)23(32)34-11-16(27)19(30)18(29)15(26)10-25/h12-21,25-30H,7-11H2,1-6H3/t12-,13+,14+,15+,16-,17-,18+,19-,20-,21-/m0/s1. The number of aliphatic hydroxyl groups excluding tert-OH is 6. The van der Waals surface area contributed by atoms with Gasteiger partial charge in [-0.1, -0.05) is 48.0 Å². The summed E-state index contributed by atoms with van der Waals surface area (Å²) in [4.78, 5) is 38.0. The van der Waals surface area contributed by atoms with Crippen molar-refractivity contribution in [3.05, 3.63) is 0 Å². The molecule has 10 atom stereocenters. The second kappa shape index (κ2) is 16.8. The summed E-state index contributed by atoms with van der Waals surface area (Å²) >= 11 is 0. The third-order valence-corrected chi connectivity index (χ3v) is 6.42. The number of carbonyl (C=O) groups excluding carboxylic acids is 3. The highest BCUT2D eigenvalue weighted by Gasteiger charge is 2.38. The van der Waals surface area contributed by atoms with E-state index < -0.39 is 91.6 Å². The average Bonchev–Trinajstić information content (AvgIpc) is 2.89. The summed E-state index contributed by atoms with van der Waals surface area (Å²) in [5.74, 6) is -4.45. The zero-order chi connectivity index (χ0) is 28.2. The molecule has 0 saturated carbocycles. The number of hydrogen-bond acceptors (Lipinski definition) is 12. The largest absolute Gasteiger partial charge is 0.460 e. The van der Waals surface area contributed by atoms with Gasteiger partial charge >= 0.3 is 17.9 Å². The smallest absolute Gasteiger partial charge is 0.348 e. The fraction of sp³-hybridized carbons (Fsp3) is 0.875. The zero-order valence-electron chi connectivity index (χ0n) is 21.9. The van der Waals surface area contributed by atoms with Crippen LogP contribution in [0, 0.1) is 17.8 Å². The maximum atomic E-state index is 13.0. The van der Waals surface area contributed by atoms with Gasteiger partial charge in [0.15, 0.2) is 6.10 Å². The number of ether oxygens (including phenoxy) is 3. The van der Waals surface area contributed by atoms with Gasteiger partial charge in [-0.05, 0) is 18.8 Å². The summed E-state index contributed by atoms with van der Waals surface area (Å²) in [6.45, 7) is 8.54. The Hall–Kier alpha value is -1.83. The maximum Gasteiger partial charge on any atom is 0.348 e. The van der Waals surface area contributed by atoms with Crippen molar-refractivity contribution in [2.45, 2.75) is 104 Å². The molecule has 0 aromatic rings. The van der Waals surface area contributed by atoms with E-state index in [1.54, 1.807) is 41.5 Å². The highest BCUT2D eigenvalue weighted by atomic mass is 16.6. The lowest BCUT2D eigenvalue weighted by Gasteiger charge is -2.28. The summed E-state index contributed by atoms with van der Waals surface area (Å²) in [5.41, 5.74) is 0. The number of carbonyl (C=O) groups is 3. The van der Waals surface area contributed by atoms with Gasteiger partial charge in [0.2, 0.25) is 12.2 Å². The van der Waals surface area contributed by atoms with Gasteiger partial charge in [-0.2, -0.15) is 0 Å². The number of hydrogen-bond donors (Lipinski definition) is 6. The molecule has 0 fully saturated rings. The molecule has 12 nitrogen and oxygen atoms in total. The van der Waals surface area contributed by atoms with Crippen LogP contribution in [-0.2, 0) is 28.6 Å². The van der Waals surface area contributed by atoms with Crippen molar-refractivity contribution in [3.8, 4) is 0 Å². The minimum Gasteiger partial charge on any atom is -0.460 e. The van der Waals surface area contributed by atoms with E-state index in [2.05, 4.69) is 0 Å². The Labute approximate surface area is 212 Å². The van der Waals surface area contributed by atoms with Crippen molar-refractivity contribution in [2.24, 2.45) is 17.8 Å². The fourth-order valence-electron chi connectivity index (χ4n) is 2.98. The van der Waals surface area contributed by atoms with Gasteiger partial charge in [0, 0.05) is 11.8 Å². The van der Waals surface area contributed by atoms with Crippen LogP contribution < -0.4 is 0 Å². The Morgan fingerprint density at radius 3 is 1.50 bits per heavy atom. The van der Waals surface area contributed by atoms with Crippen LogP contribution in [-0.4, -0.2) is 104 Å². The number of esters is 3. The van der Waals surface area contributed by atoms with Crippen LogP contribution in [0.4, 0.5) is 0 Å². The molecular formula is C24H44O12. The normalized spacial score (nSPS) is 20.0. The molecule has 0 heterocycles. The molecule has 0 aliphatic heterocycles. The van der Waals surface area contributed by atoms with E-state index in [9.17, 15) is 39.9 Å². The molecule has 12 heteroatoms. The zero-order valence-corrected chi connectivity index (χ0v) is 21.9. The van der Waals surface area contributed by atoms with Crippen molar-refractivity contribution < 1.29 is 59.2 Å². The van der Waals surface area contributed by atoms with E-state index in [4.69, 9.17) is 19.3 Å². The summed E-state index contributed by atoms with van der Waals surface area (Å²) in [6.07, 6.45) is -10.3. The first kappa shape index (κ1) is 34.2. The quantitative estimate of drug-likeness (QED) is 0.103. The highest BCUT2D eigenvalue weighted by Crippen LogP contribution is 2.21. The second-order valence-electron chi connectivity index (χ2n) is 9.24. The SMILES string of the molecule is CC[C@@H](C)[C@H](OC(=O)[C@@H](O)[C@@H](C)CC)C(=O)O[C@H](C(=O)OC[C@H](O)[C@H](O)[C@H](O)[C@H](O)CO)[C@H](C)CC. The van der Waals surface area contributed by atoms with Gasteiger partial charge in [-0.15, -0.1) is 0 Å². The molecule has 0 aliphatic carbocycles. The van der Waals surface area contributed by atoms with E-state index in [1.165, 1.54) is 0 Å². The predicted octanol–water partition coefficient (Wildman–Crippen LogP) is -0.712. The van der Waals surface area contributed by atoms with Crippen molar-refractivity contribution in [1.82, 2.24) is 0 Å². The Morgan fingerprint density at radius 2 is 1.06 bits per heavy atom. The lowest BCUT2D eigenvalue weighted by atomic mass is 9.99. The van der Waals surface area contributed by atoms with Crippen LogP contribution in [0.5, 0.6) is 0 Å². The molecule has 0 aromatic carbocycles. The van der Waals surface area contributed by atoms with Crippen molar-refractivity contribution >= 4 is 17.9 Å². The van der Waals surface area contributed by atoms with Crippen molar-refractivity contribution in [3.63, 3.8) is 0 Å². The van der Waals surface area contributed by atoms with Crippen LogP contribution in [0.25, 0.3) is 0 Å². The minimum atomic E-state index is -1.93. The van der Waals surface area contributed by atoms with Gasteiger partial charge < -0.3 is 44.8 Å². The van der Waals surface area contributed by atoms with Gasteiger partial charge in [-0.3, -0.25) is 0 Å². The molecule has 36 heavy (non-hydrogen) atoms. The van der Waals surface area contributed by atoms with Crippen molar-refractivity contribution in [2.75, 3.05) is 13.2 Å². The molecule has 0 rings (SSSR count). The van der Waals surface area contributed by atoms with Crippen LogP contribution in [0.3, 0.4) is 0 Å². The van der Waals surface area contributed by atoms with E-state index in [0.717, 1.165) is 0 Å². The summed E-state index contributed by atoms with van der Waals surface area (Å²) in [5, 5.41) is 57.9. The predicted molar refractivity (Wildman–Crippen MR) is 126 cm³/mol. The Balaban J connectivity index is 5.45. The van der Waals surface area contributed by atoms with Gasteiger partial charge in [0.1, 0.15) is 31.0 Å². The molecule has 6 N–H and O–H groups in total. The van der Waals surface area contributed by atoms with E-state index in [1.807, 2.05) is 0 Å². The lowest BCUT2D eigenvalue weighted by molar-refractivity contribution is -0.190. The highest BCUT2D eigenvalue weighted by molar-refractivity contribution is 5.84. The molecule has 0 aliphatic rings. The number of aliphatic hydroxyl groups is 6. The molecule has 0 unspecified atom stereocenters. The van der Waals surface area contributed by atoms with Gasteiger partial charge in [-0.25, -0.2) is 14.4 Å². The Kier molecular flexibility index (Phi) is 16.0. The topological polar surface area (TPSA) is 200 Å². The van der Waals surface area contributed by atoms with Crippen LogP contribution in [0.2, 0.25) is 0 Å². The fourth-order valence-corrected chi connectivity index (χ4v) is 2.98. The molecule has 0 aromatic heterocycles. The first-order chi connectivity index (χ1) is 16.8. The van der Waals surface area contributed by atoms with Gasteiger partial charge in [0.05, 0.1) is 6.61 Å². The van der Waals surface area contributed by atoms with Crippen LogP contribution >= 0.6 is 0 Å². The Morgan fingerprint density at radius 1 is 0.639 bits per heavy atom. The monoisotopic (exact) mass is 524 g/mol. The third-order valence-electron chi connectivity index (χ3n) is 6.42. The molecule has 212 valence electrons. The van der Waals surface area contributed by atoms with E-state index >= 15 is 0 Å².